The number of likely N-dealkylation sites (N-methyl/N-ethyl adjacent to an activating group) is 1. The maximum atomic E-state index is 12.9. The first-order valence-electron chi connectivity index (χ1n) is 9.19. The highest BCUT2D eigenvalue weighted by Gasteiger charge is 2.30. The topological polar surface area (TPSA) is 101 Å². The highest BCUT2D eigenvalue weighted by molar-refractivity contribution is 6.04. The largest absolute Gasteiger partial charge is 0.357 e. The van der Waals surface area contributed by atoms with Gasteiger partial charge in [-0.3, -0.25) is 9.48 Å². The summed E-state index contributed by atoms with van der Waals surface area (Å²) in [7, 11) is 1.73. The molecule has 0 saturated carbocycles. The summed E-state index contributed by atoms with van der Waals surface area (Å²) in [6, 6.07) is 2.67. The van der Waals surface area contributed by atoms with Gasteiger partial charge in [0.05, 0.1) is 18.4 Å². The van der Waals surface area contributed by atoms with Crippen LogP contribution in [0.2, 0.25) is 0 Å². The minimum absolute atomic E-state index is 0.0197. The van der Waals surface area contributed by atoms with Crippen molar-refractivity contribution in [2.75, 3.05) is 22.6 Å². The first-order valence-corrected chi connectivity index (χ1v) is 9.19. The summed E-state index contributed by atoms with van der Waals surface area (Å²) < 4.78 is 14.7. The van der Waals surface area contributed by atoms with Crippen LogP contribution in [-0.2, 0) is 17.9 Å². The molecule has 4 rings (SSSR count). The molecule has 0 aliphatic carbocycles. The van der Waals surface area contributed by atoms with E-state index in [0.717, 1.165) is 11.1 Å². The number of fused-ring (bicyclic) bond motifs is 1. The van der Waals surface area contributed by atoms with E-state index in [1.54, 1.807) is 35.8 Å². The fraction of sp³-hybridized carbons (Fsp3) is 0.316. The fourth-order valence-corrected chi connectivity index (χ4v) is 3.27. The molecule has 0 fully saturated rings. The molecule has 1 aliphatic heterocycles. The number of aryl methyl sites for hydroxylation is 1. The Balaban J connectivity index is 1.44. The van der Waals surface area contributed by atoms with Crippen molar-refractivity contribution >= 4 is 23.4 Å². The third-order valence-electron chi connectivity index (χ3n) is 4.72. The van der Waals surface area contributed by atoms with Gasteiger partial charge in [0.1, 0.15) is 11.7 Å². The predicted octanol–water partition coefficient (Wildman–Crippen LogP) is 1.95. The molecule has 0 radical (unpaired) electrons. The van der Waals surface area contributed by atoms with Crippen LogP contribution in [0.25, 0.3) is 0 Å². The lowest BCUT2D eigenvalue weighted by Gasteiger charge is -2.31. The van der Waals surface area contributed by atoms with Crippen LogP contribution in [0.3, 0.4) is 0 Å². The zero-order chi connectivity index (χ0) is 20.5. The standard InChI is InChI=1S/C19H21FN8O/c1-11-16-17(24-12(2)18(29)27(16)3)26-19(25-11)22-7-14-8-23-28(10-14)9-13-4-5-15(20)21-6-13/h4-6,8,10,12H,7,9H2,1-3H3,(H2,22,24,25,26)/t12-/m0/s1. The molecule has 0 bridgehead atoms. The molecule has 2 N–H and O–H groups in total. The average Bonchev–Trinajstić information content (AvgIpc) is 3.13. The van der Waals surface area contributed by atoms with Crippen LogP contribution >= 0.6 is 0 Å². The zero-order valence-electron chi connectivity index (χ0n) is 16.3. The van der Waals surface area contributed by atoms with Crippen molar-refractivity contribution in [3.8, 4) is 0 Å². The number of pyridine rings is 1. The zero-order valence-corrected chi connectivity index (χ0v) is 16.3. The predicted molar refractivity (Wildman–Crippen MR) is 106 cm³/mol. The van der Waals surface area contributed by atoms with E-state index < -0.39 is 5.95 Å². The summed E-state index contributed by atoms with van der Waals surface area (Å²) in [6.07, 6.45) is 5.14. The molecule has 0 unspecified atom stereocenters. The average molecular weight is 396 g/mol. The third kappa shape index (κ3) is 3.86. The Hall–Kier alpha value is -3.56. The lowest BCUT2D eigenvalue weighted by molar-refractivity contribution is -0.118. The molecule has 1 aliphatic rings. The van der Waals surface area contributed by atoms with E-state index in [0.29, 0.717) is 36.2 Å². The molecular formula is C19H21FN8O. The van der Waals surface area contributed by atoms with Gasteiger partial charge in [0.2, 0.25) is 17.8 Å². The number of rotatable bonds is 5. The molecule has 4 heterocycles. The number of carbonyl (C=O) groups is 1. The minimum atomic E-state index is -0.501. The third-order valence-corrected chi connectivity index (χ3v) is 4.72. The van der Waals surface area contributed by atoms with Crippen molar-refractivity contribution < 1.29 is 9.18 Å². The number of anilines is 3. The normalized spacial score (nSPS) is 15.8. The van der Waals surface area contributed by atoms with Crippen LogP contribution in [0.1, 0.15) is 23.7 Å². The second-order valence-electron chi connectivity index (χ2n) is 6.98. The highest BCUT2D eigenvalue weighted by Crippen LogP contribution is 2.32. The van der Waals surface area contributed by atoms with Gasteiger partial charge in [-0.1, -0.05) is 6.07 Å². The van der Waals surface area contributed by atoms with Crippen molar-refractivity contribution in [2.45, 2.75) is 33.0 Å². The van der Waals surface area contributed by atoms with Crippen LogP contribution < -0.4 is 15.5 Å². The Kier molecular flexibility index (Phi) is 4.83. The van der Waals surface area contributed by atoms with Gasteiger partial charge in [0.15, 0.2) is 5.82 Å². The molecule has 1 amide bonds. The molecule has 9 nitrogen and oxygen atoms in total. The lowest BCUT2D eigenvalue weighted by Crippen LogP contribution is -2.44. The summed E-state index contributed by atoms with van der Waals surface area (Å²) in [5.41, 5.74) is 3.22. The molecule has 0 aromatic carbocycles. The highest BCUT2D eigenvalue weighted by atomic mass is 19.1. The lowest BCUT2D eigenvalue weighted by atomic mass is 10.2. The Morgan fingerprint density at radius 1 is 1.24 bits per heavy atom. The number of nitrogens with one attached hydrogen (secondary N) is 2. The summed E-state index contributed by atoms with van der Waals surface area (Å²) in [5.74, 6) is 0.584. The monoisotopic (exact) mass is 396 g/mol. The number of halogens is 1. The molecule has 0 spiro atoms. The van der Waals surface area contributed by atoms with E-state index in [1.165, 1.54) is 12.3 Å². The van der Waals surface area contributed by atoms with Gasteiger partial charge < -0.3 is 15.5 Å². The quantitative estimate of drug-likeness (QED) is 0.636. The molecule has 1 atom stereocenters. The van der Waals surface area contributed by atoms with Crippen LogP contribution in [0.4, 0.5) is 21.8 Å². The van der Waals surface area contributed by atoms with Crippen LogP contribution in [0.5, 0.6) is 0 Å². The molecule has 29 heavy (non-hydrogen) atoms. The van der Waals surface area contributed by atoms with E-state index in [4.69, 9.17) is 0 Å². The van der Waals surface area contributed by atoms with Gasteiger partial charge in [0, 0.05) is 31.5 Å². The van der Waals surface area contributed by atoms with E-state index in [-0.39, 0.29) is 11.9 Å². The van der Waals surface area contributed by atoms with Gasteiger partial charge in [-0.15, -0.1) is 0 Å². The summed E-state index contributed by atoms with van der Waals surface area (Å²) >= 11 is 0. The van der Waals surface area contributed by atoms with Gasteiger partial charge in [-0.05, 0) is 25.5 Å². The van der Waals surface area contributed by atoms with Crippen molar-refractivity contribution in [3.05, 3.63) is 53.5 Å². The first kappa shape index (κ1) is 18.8. The Labute approximate surface area is 167 Å². The van der Waals surface area contributed by atoms with E-state index in [9.17, 15) is 9.18 Å². The van der Waals surface area contributed by atoms with Gasteiger partial charge in [0.25, 0.3) is 0 Å². The Bertz CT molecular complexity index is 1050. The summed E-state index contributed by atoms with van der Waals surface area (Å²) in [6.45, 7) is 4.65. The molecule has 0 saturated heterocycles. The van der Waals surface area contributed by atoms with Crippen LogP contribution in [-0.4, -0.2) is 43.7 Å². The van der Waals surface area contributed by atoms with E-state index in [1.807, 2.05) is 13.1 Å². The number of nitrogens with zero attached hydrogens (tertiary/aromatic N) is 6. The Morgan fingerprint density at radius 2 is 2.07 bits per heavy atom. The minimum Gasteiger partial charge on any atom is -0.357 e. The van der Waals surface area contributed by atoms with Crippen molar-refractivity contribution in [1.29, 1.82) is 0 Å². The van der Waals surface area contributed by atoms with E-state index >= 15 is 0 Å². The summed E-state index contributed by atoms with van der Waals surface area (Å²) in [4.78, 5) is 26.4. The fourth-order valence-electron chi connectivity index (χ4n) is 3.27. The molecular weight excluding hydrogens is 375 g/mol. The van der Waals surface area contributed by atoms with Gasteiger partial charge in [-0.25, -0.2) is 9.97 Å². The van der Waals surface area contributed by atoms with Crippen molar-refractivity contribution in [2.24, 2.45) is 0 Å². The molecule has 150 valence electrons. The van der Waals surface area contributed by atoms with Crippen molar-refractivity contribution in [3.63, 3.8) is 0 Å². The number of hydrogen-bond acceptors (Lipinski definition) is 7. The summed E-state index contributed by atoms with van der Waals surface area (Å²) in [5, 5.41) is 10.6. The maximum absolute atomic E-state index is 12.9. The van der Waals surface area contributed by atoms with Crippen LogP contribution in [0.15, 0.2) is 30.7 Å². The molecule has 3 aromatic rings. The number of aromatic nitrogens is 5. The number of carbonyl (C=O) groups excluding carboxylic acids is 1. The smallest absolute Gasteiger partial charge is 0.249 e. The molecule has 3 aromatic heterocycles. The second-order valence-corrected chi connectivity index (χ2v) is 6.98. The number of hydrogen-bond donors (Lipinski definition) is 2. The first-order chi connectivity index (χ1) is 13.9. The number of amides is 1. The SMILES string of the molecule is Cc1nc(NCc2cnn(Cc3ccc(F)nc3)c2)nc2c1N(C)C(=O)[C@H](C)N2. The maximum Gasteiger partial charge on any atom is 0.249 e. The molecule has 10 heteroatoms. The second kappa shape index (κ2) is 7.46. The van der Waals surface area contributed by atoms with Crippen LogP contribution in [0, 0.1) is 12.9 Å². The van der Waals surface area contributed by atoms with Gasteiger partial charge >= 0.3 is 0 Å². The Morgan fingerprint density at radius 3 is 2.83 bits per heavy atom. The van der Waals surface area contributed by atoms with Crippen molar-refractivity contribution in [1.82, 2.24) is 24.7 Å². The van der Waals surface area contributed by atoms with E-state index in [2.05, 4.69) is 30.7 Å². The van der Waals surface area contributed by atoms with Gasteiger partial charge in [-0.2, -0.15) is 14.5 Å².